The van der Waals surface area contributed by atoms with Gasteiger partial charge in [-0.05, 0) is 38.8 Å². The molecule has 4 nitrogen and oxygen atoms in total. The van der Waals surface area contributed by atoms with Crippen LogP contribution in [0.4, 0.5) is 0 Å². The van der Waals surface area contributed by atoms with Crippen molar-refractivity contribution in [3.05, 3.63) is 0 Å². The van der Waals surface area contributed by atoms with Crippen molar-refractivity contribution in [1.82, 2.24) is 9.80 Å². The fraction of sp³-hybridized carbons (Fsp3) is 0.867. The number of carbonyl (C=O) groups excluding carboxylic acids is 2. The molecule has 0 bridgehead atoms. The molecule has 2 aliphatic heterocycles. The molecule has 2 rings (SSSR count). The Balaban J connectivity index is 2.07. The summed E-state index contributed by atoms with van der Waals surface area (Å²) in [6.07, 6.45) is 3.86. The number of hydrogen-bond donors (Lipinski definition) is 0. The first-order valence-corrected chi connectivity index (χ1v) is 7.64. The second-order valence-corrected chi connectivity index (χ2v) is 6.03. The summed E-state index contributed by atoms with van der Waals surface area (Å²) < 4.78 is 0. The molecule has 1 amide bonds. The molecule has 108 valence electrons. The number of Topliss-reactive ketones (excluding diaryl/α,β-unsaturated/α-hetero) is 1. The quantitative estimate of drug-likeness (QED) is 0.777. The van der Waals surface area contributed by atoms with Crippen LogP contribution in [0.1, 0.15) is 46.5 Å². The summed E-state index contributed by atoms with van der Waals surface area (Å²) in [7, 11) is 0. The number of ketones is 1. The third-order valence-electron chi connectivity index (χ3n) is 4.49. The van der Waals surface area contributed by atoms with Crippen molar-refractivity contribution in [1.29, 1.82) is 0 Å². The Morgan fingerprint density at radius 3 is 2.37 bits per heavy atom. The molecule has 19 heavy (non-hydrogen) atoms. The number of hydrogen-bond acceptors (Lipinski definition) is 3. The zero-order valence-electron chi connectivity index (χ0n) is 12.4. The fourth-order valence-corrected chi connectivity index (χ4v) is 3.39. The molecule has 2 heterocycles. The third kappa shape index (κ3) is 2.83. The predicted octanol–water partition coefficient (Wildman–Crippen LogP) is 1.69. The maximum atomic E-state index is 12.7. The second-order valence-electron chi connectivity index (χ2n) is 6.03. The van der Waals surface area contributed by atoms with E-state index >= 15 is 0 Å². The Morgan fingerprint density at radius 1 is 1.11 bits per heavy atom. The molecule has 4 heteroatoms. The monoisotopic (exact) mass is 266 g/mol. The topological polar surface area (TPSA) is 40.6 Å². The van der Waals surface area contributed by atoms with Crippen molar-refractivity contribution < 1.29 is 9.59 Å². The normalized spacial score (nSPS) is 28.3. The number of carbonyl (C=O) groups is 2. The van der Waals surface area contributed by atoms with Gasteiger partial charge in [-0.2, -0.15) is 0 Å². The van der Waals surface area contributed by atoms with Crippen LogP contribution in [0.5, 0.6) is 0 Å². The van der Waals surface area contributed by atoms with Crippen LogP contribution in [0.25, 0.3) is 0 Å². The minimum absolute atomic E-state index is 0.0178. The van der Waals surface area contributed by atoms with Crippen LogP contribution in [0, 0.1) is 5.92 Å². The van der Waals surface area contributed by atoms with Crippen molar-refractivity contribution in [2.45, 2.75) is 58.5 Å². The van der Waals surface area contributed by atoms with E-state index in [1.165, 1.54) is 0 Å². The van der Waals surface area contributed by atoms with Gasteiger partial charge in [-0.15, -0.1) is 0 Å². The van der Waals surface area contributed by atoms with Gasteiger partial charge in [0.05, 0.1) is 12.1 Å². The van der Waals surface area contributed by atoms with Crippen LogP contribution in [0.15, 0.2) is 0 Å². The lowest BCUT2D eigenvalue weighted by Gasteiger charge is -2.31. The highest BCUT2D eigenvalue weighted by Crippen LogP contribution is 2.26. The summed E-state index contributed by atoms with van der Waals surface area (Å²) in [6.45, 7) is 8.66. The van der Waals surface area contributed by atoms with Crippen molar-refractivity contribution in [2.75, 3.05) is 19.6 Å². The van der Waals surface area contributed by atoms with Crippen molar-refractivity contribution in [3.8, 4) is 0 Å². The molecule has 0 N–H and O–H groups in total. The Kier molecular flexibility index (Phi) is 4.61. The van der Waals surface area contributed by atoms with Gasteiger partial charge in [-0.3, -0.25) is 14.5 Å². The summed E-state index contributed by atoms with van der Waals surface area (Å²) in [5.74, 6) is 0.437. The lowest BCUT2D eigenvalue weighted by Crippen LogP contribution is -2.50. The number of rotatable bonds is 4. The number of likely N-dealkylation sites (tertiary alicyclic amines) is 2. The zero-order chi connectivity index (χ0) is 14.0. The Hall–Kier alpha value is -0.900. The number of nitrogens with zero attached hydrogens (tertiary/aromatic N) is 2. The summed E-state index contributed by atoms with van der Waals surface area (Å²) in [4.78, 5) is 29.0. The lowest BCUT2D eigenvalue weighted by atomic mass is 9.99. The molecule has 0 radical (unpaired) electrons. The van der Waals surface area contributed by atoms with Gasteiger partial charge < -0.3 is 4.90 Å². The van der Waals surface area contributed by atoms with Gasteiger partial charge in [0.2, 0.25) is 5.91 Å². The van der Waals surface area contributed by atoms with Gasteiger partial charge in [-0.25, -0.2) is 0 Å². The van der Waals surface area contributed by atoms with Crippen molar-refractivity contribution in [3.63, 3.8) is 0 Å². The maximum absolute atomic E-state index is 12.7. The van der Waals surface area contributed by atoms with E-state index in [4.69, 9.17) is 0 Å². The number of likely N-dealkylation sites (N-methyl/N-ethyl adjacent to an activating group) is 1. The van der Waals surface area contributed by atoms with E-state index in [0.29, 0.717) is 0 Å². The average Bonchev–Trinajstić information content (AvgIpc) is 3.05. The van der Waals surface area contributed by atoms with Crippen LogP contribution in [-0.2, 0) is 9.59 Å². The molecule has 2 atom stereocenters. The van der Waals surface area contributed by atoms with Gasteiger partial charge in [0.25, 0.3) is 0 Å². The lowest BCUT2D eigenvalue weighted by molar-refractivity contribution is -0.142. The first kappa shape index (κ1) is 14.5. The molecule has 0 unspecified atom stereocenters. The van der Waals surface area contributed by atoms with E-state index < -0.39 is 0 Å². The van der Waals surface area contributed by atoms with E-state index in [-0.39, 0.29) is 29.7 Å². The molecule has 0 aromatic carbocycles. The van der Waals surface area contributed by atoms with Crippen LogP contribution >= 0.6 is 0 Å². The average molecular weight is 266 g/mol. The van der Waals surface area contributed by atoms with Crippen molar-refractivity contribution in [2.24, 2.45) is 5.92 Å². The summed E-state index contributed by atoms with van der Waals surface area (Å²) >= 11 is 0. The molecule has 2 aliphatic rings. The van der Waals surface area contributed by atoms with Gasteiger partial charge in [0.15, 0.2) is 5.78 Å². The molecule has 0 spiro atoms. The molecule has 0 aromatic heterocycles. The fourth-order valence-electron chi connectivity index (χ4n) is 3.39. The highest BCUT2D eigenvalue weighted by Gasteiger charge is 2.40. The second kappa shape index (κ2) is 6.04. The standard InChI is InChI=1S/C15H26N2O2/c1-4-16-9-5-8-13(16)15(19)17-10-6-7-12(17)14(18)11(2)3/h11-13H,4-10H2,1-3H3/t12-,13+/m0/s1. The maximum Gasteiger partial charge on any atom is 0.240 e. The van der Waals surface area contributed by atoms with Crippen LogP contribution in [-0.4, -0.2) is 53.2 Å². The Bertz CT molecular complexity index is 354. The van der Waals surface area contributed by atoms with Crippen LogP contribution in [0.3, 0.4) is 0 Å². The SMILES string of the molecule is CCN1CCC[C@@H]1C(=O)N1CCC[C@H]1C(=O)C(C)C. The molecular weight excluding hydrogens is 240 g/mol. The van der Waals surface area contributed by atoms with Gasteiger partial charge in [0.1, 0.15) is 0 Å². The summed E-state index contributed by atoms with van der Waals surface area (Å²) in [5, 5.41) is 0. The Morgan fingerprint density at radius 2 is 1.74 bits per heavy atom. The molecule has 0 aromatic rings. The number of amides is 1. The minimum atomic E-state index is -0.160. The molecule has 0 saturated carbocycles. The zero-order valence-corrected chi connectivity index (χ0v) is 12.4. The van der Waals surface area contributed by atoms with E-state index in [9.17, 15) is 9.59 Å². The van der Waals surface area contributed by atoms with Crippen LogP contribution < -0.4 is 0 Å². The first-order chi connectivity index (χ1) is 9.06. The van der Waals surface area contributed by atoms with E-state index in [2.05, 4.69) is 11.8 Å². The van der Waals surface area contributed by atoms with Crippen molar-refractivity contribution >= 4 is 11.7 Å². The molecule has 2 fully saturated rings. The highest BCUT2D eigenvalue weighted by atomic mass is 16.2. The Labute approximate surface area is 116 Å². The largest absolute Gasteiger partial charge is 0.331 e. The molecular formula is C15H26N2O2. The minimum Gasteiger partial charge on any atom is -0.331 e. The smallest absolute Gasteiger partial charge is 0.240 e. The summed E-state index contributed by atoms with van der Waals surface area (Å²) in [5.41, 5.74) is 0. The van der Waals surface area contributed by atoms with Gasteiger partial charge >= 0.3 is 0 Å². The van der Waals surface area contributed by atoms with Gasteiger partial charge in [-0.1, -0.05) is 20.8 Å². The molecule has 2 saturated heterocycles. The van der Waals surface area contributed by atoms with E-state index in [1.807, 2.05) is 18.7 Å². The predicted molar refractivity (Wildman–Crippen MR) is 74.8 cm³/mol. The molecule has 0 aliphatic carbocycles. The summed E-state index contributed by atoms with van der Waals surface area (Å²) in [6, 6.07) is -0.141. The van der Waals surface area contributed by atoms with E-state index in [0.717, 1.165) is 45.3 Å². The third-order valence-corrected chi connectivity index (χ3v) is 4.49. The van der Waals surface area contributed by atoms with Crippen LogP contribution in [0.2, 0.25) is 0 Å². The first-order valence-electron chi connectivity index (χ1n) is 7.64. The highest BCUT2D eigenvalue weighted by molar-refractivity contribution is 5.92. The van der Waals surface area contributed by atoms with E-state index in [1.54, 1.807) is 0 Å². The van der Waals surface area contributed by atoms with Gasteiger partial charge in [0, 0.05) is 12.5 Å².